The molecule has 1 amide bonds. The molecule has 0 saturated heterocycles. The molecule has 3 aromatic heterocycles. The highest BCUT2D eigenvalue weighted by Gasteiger charge is 2.14. The zero-order chi connectivity index (χ0) is 18.7. The number of amides is 1. The summed E-state index contributed by atoms with van der Waals surface area (Å²) in [6.07, 6.45) is 4.07. The Bertz CT molecular complexity index is 989. The molecule has 3 heterocycles. The summed E-state index contributed by atoms with van der Waals surface area (Å²) in [5, 5.41) is 17.0. The highest BCUT2D eigenvalue weighted by molar-refractivity contribution is 7.10. The molecule has 0 bridgehead atoms. The van der Waals surface area contributed by atoms with Gasteiger partial charge in [-0.1, -0.05) is 0 Å². The molecule has 9 heteroatoms. The van der Waals surface area contributed by atoms with Gasteiger partial charge in [-0.2, -0.15) is 19.1 Å². The first-order valence-electron chi connectivity index (χ1n) is 7.53. The zero-order valence-corrected chi connectivity index (χ0v) is 14.4. The van der Waals surface area contributed by atoms with Crippen LogP contribution in [0.25, 0.3) is 11.1 Å². The highest BCUT2D eigenvalue weighted by Crippen LogP contribution is 2.24. The Balaban J connectivity index is 1.77. The van der Waals surface area contributed by atoms with Crippen molar-refractivity contribution in [3.8, 4) is 17.2 Å². The van der Waals surface area contributed by atoms with E-state index in [-0.39, 0.29) is 12.2 Å². The first-order valence-corrected chi connectivity index (χ1v) is 8.41. The number of aromatic nitrogens is 3. The summed E-state index contributed by atoms with van der Waals surface area (Å²) in [5.74, 6) is -0.391. The maximum absolute atomic E-state index is 12.7. The topological polar surface area (TPSA) is 83.6 Å². The van der Waals surface area contributed by atoms with E-state index in [2.05, 4.69) is 15.4 Å². The standard InChI is InChI=1S/C17H13F2N5OS/c1-10-5-21-15(3-14(10)12-7-23-24(8-12)17(18)19)16(25)22-6-11-2-13(4-20)26-9-11/h2-3,5,7-9,17H,6H2,1H3,(H,22,25). The Morgan fingerprint density at radius 2 is 2.23 bits per heavy atom. The van der Waals surface area contributed by atoms with Crippen LogP contribution in [0.2, 0.25) is 0 Å². The number of halogens is 2. The van der Waals surface area contributed by atoms with E-state index in [1.807, 2.05) is 6.07 Å². The van der Waals surface area contributed by atoms with Gasteiger partial charge in [0, 0.05) is 24.5 Å². The number of pyridine rings is 1. The van der Waals surface area contributed by atoms with Gasteiger partial charge in [-0.3, -0.25) is 9.78 Å². The summed E-state index contributed by atoms with van der Waals surface area (Å²) >= 11 is 1.30. The molecule has 0 radical (unpaired) electrons. The van der Waals surface area contributed by atoms with Crippen LogP contribution < -0.4 is 5.32 Å². The number of carbonyl (C=O) groups is 1. The summed E-state index contributed by atoms with van der Waals surface area (Å²) in [4.78, 5) is 17.0. The van der Waals surface area contributed by atoms with Gasteiger partial charge < -0.3 is 5.32 Å². The molecule has 0 aromatic carbocycles. The highest BCUT2D eigenvalue weighted by atomic mass is 32.1. The molecule has 0 aliphatic carbocycles. The lowest BCUT2D eigenvalue weighted by molar-refractivity contribution is 0.0566. The number of rotatable bonds is 5. The SMILES string of the molecule is Cc1cnc(C(=O)NCc2csc(C#N)c2)cc1-c1cnn(C(F)F)c1. The maximum Gasteiger partial charge on any atom is 0.333 e. The molecule has 3 aromatic rings. The monoisotopic (exact) mass is 373 g/mol. The molecule has 0 spiro atoms. The van der Waals surface area contributed by atoms with Crippen molar-refractivity contribution in [2.24, 2.45) is 0 Å². The lowest BCUT2D eigenvalue weighted by atomic mass is 10.0. The van der Waals surface area contributed by atoms with E-state index >= 15 is 0 Å². The van der Waals surface area contributed by atoms with E-state index in [0.717, 1.165) is 11.1 Å². The van der Waals surface area contributed by atoms with Crippen LogP contribution in [0.5, 0.6) is 0 Å². The first kappa shape index (κ1) is 17.7. The second kappa shape index (κ2) is 7.41. The fourth-order valence-electron chi connectivity index (χ4n) is 2.34. The number of nitrogens with zero attached hydrogens (tertiary/aromatic N) is 4. The number of nitriles is 1. The van der Waals surface area contributed by atoms with Crippen LogP contribution in [0.15, 0.2) is 36.1 Å². The number of carbonyl (C=O) groups excluding carboxylic acids is 1. The van der Waals surface area contributed by atoms with E-state index in [0.29, 0.717) is 20.7 Å². The molecule has 0 unspecified atom stereocenters. The van der Waals surface area contributed by atoms with Gasteiger partial charge in [0.25, 0.3) is 5.91 Å². The van der Waals surface area contributed by atoms with E-state index < -0.39 is 12.5 Å². The van der Waals surface area contributed by atoms with E-state index in [4.69, 9.17) is 5.26 Å². The van der Waals surface area contributed by atoms with Gasteiger partial charge >= 0.3 is 6.55 Å². The largest absolute Gasteiger partial charge is 0.347 e. The lowest BCUT2D eigenvalue weighted by Crippen LogP contribution is -2.23. The first-order chi connectivity index (χ1) is 12.5. The smallest absolute Gasteiger partial charge is 0.333 e. The third kappa shape index (κ3) is 3.75. The Morgan fingerprint density at radius 3 is 2.88 bits per heavy atom. The fourth-order valence-corrected chi connectivity index (χ4v) is 3.04. The molecule has 0 fully saturated rings. The van der Waals surface area contributed by atoms with Crippen LogP contribution in [-0.2, 0) is 6.54 Å². The van der Waals surface area contributed by atoms with Crippen molar-refractivity contribution in [3.05, 3.63) is 57.8 Å². The minimum absolute atomic E-state index is 0.172. The van der Waals surface area contributed by atoms with Gasteiger partial charge in [0.15, 0.2) is 0 Å². The molecule has 6 nitrogen and oxygen atoms in total. The normalized spacial score (nSPS) is 10.7. The number of thiophene rings is 1. The predicted octanol–water partition coefficient (Wildman–Crippen LogP) is 3.51. The van der Waals surface area contributed by atoms with Gasteiger partial charge in [0.1, 0.15) is 16.6 Å². The van der Waals surface area contributed by atoms with Gasteiger partial charge in [-0.05, 0) is 41.1 Å². The van der Waals surface area contributed by atoms with Crippen LogP contribution in [-0.4, -0.2) is 20.7 Å². The average Bonchev–Trinajstić information content (AvgIpc) is 3.29. The summed E-state index contributed by atoms with van der Waals surface area (Å²) in [6, 6.07) is 5.29. The second-order valence-corrected chi connectivity index (χ2v) is 6.40. The minimum Gasteiger partial charge on any atom is -0.347 e. The van der Waals surface area contributed by atoms with Crippen molar-refractivity contribution in [2.45, 2.75) is 20.0 Å². The lowest BCUT2D eigenvalue weighted by Gasteiger charge is -2.07. The van der Waals surface area contributed by atoms with Crippen LogP contribution >= 0.6 is 11.3 Å². The van der Waals surface area contributed by atoms with Gasteiger partial charge in [0.2, 0.25) is 0 Å². The van der Waals surface area contributed by atoms with Crippen molar-refractivity contribution >= 4 is 17.2 Å². The molecule has 1 N–H and O–H groups in total. The molecular formula is C17H13F2N5OS. The summed E-state index contributed by atoms with van der Waals surface area (Å²) in [7, 11) is 0. The predicted molar refractivity (Wildman–Crippen MR) is 91.7 cm³/mol. The van der Waals surface area contributed by atoms with Crippen LogP contribution in [0, 0.1) is 18.3 Å². The molecule has 0 saturated carbocycles. The van der Waals surface area contributed by atoms with Crippen molar-refractivity contribution in [2.75, 3.05) is 0 Å². The number of hydrogen-bond donors (Lipinski definition) is 1. The number of hydrogen-bond acceptors (Lipinski definition) is 5. The number of aryl methyl sites for hydroxylation is 1. The van der Waals surface area contributed by atoms with Crippen molar-refractivity contribution < 1.29 is 13.6 Å². The van der Waals surface area contributed by atoms with E-state index in [9.17, 15) is 13.6 Å². The third-order valence-corrected chi connectivity index (χ3v) is 4.55. The number of nitrogens with one attached hydrogen (secondary N) is 1. The third-order valence-electron chi connectivity index (χ3n) is 3.67. The molecule has 26 heavy (non-hydrogen) atoms. The van der Waals surface area contributed by atoms with Gasteiger partial charge in [-0.15, -0.1) is 11.3 Å². The Kier molecular flexibility index (Phi) is 5.04. The molecular weight excluding hydrogens is 360 g/mol. The van der Waals surface area contributed by atoms with Gasteiger partial charge in [-0.25, -0.2) is 4.68 Å². The summed E-state index contributed by atoms with van der Waals surface area (Å²) < 4.78 is 25.9. The van der Waals surface area contributed by atoms with Gasteiger partial charge in [0.05, 0.1) is 6.20 Å². The maximum atomic E-state index is 12.7. The Labute approximate surface area is 151 Å². The quantitative estimate of drug-likeness (QED) is 0.742. The summed E-state index contributed by atoms with van der Waals surface area (Å²) in [6.45, 7) is -0.679. The molecule has 132 valence electrons. The minimum atomic E-state index is -2.72. The van der Waals surface area contributed by atoms with E-state index in [1.54, 1.807) is 24.4 Å². The Hall–Kier alpha value is -3.12. The van der Waals surface area contributed by atoms with Crippen LogP contribution in [0.4, 0.5) is 8.78 Å². The second-order valence-electron chi connectivity index (χ2n) is 5.48. The molecule has 0 aliphatic heterocycles. The average molecular weight is 373 g/mol. The fraction of sp³-hybridized carbons (Fsp3) is 0.176. The van der Waals surface area contributed by atoms with Crippen molar-refractivity contribution in [3.63, 3.8) is 0 Å². The molecule has 0 atom stereocenters. The van der Waals surface area contributed by atoms with Crippen molar-refractivity contribution in [1.29, 1.82) is 5.26 Å². The van der Waals surface area contributed by atoms with Crippen LogP contribution in [0.1, 0.15) is 33.0 Å². The van der Waals surface area contributed by atoms with E-state index in [1.165, 1.54) is 29.9 Å². The number of alkyl halides is 2. The molecule has 0 aliphatic rings. The Morgan fingerprint density at radius 1 is 1.42 bits per heavy atom. The van der Waals surface area contributed by atoms with Crippen molar-refractivity contribution in [1.82, 2.24) is 20.1 Å². The van der Waals surface area contributed by atoms with Crippen LogP contribution in [0.3, 0.4) is 0 Å². The molecule has 3 rings (SSSR count). The zero-order valence-electron chi connectivity index (χ0n) is 13.6. The summed E-state index contributed by atoms with van der Waals surface area (Å²) in [5.41, 5.74) is 2.83.